The van der Waals surface area contributed by atoms with Crippen molar-refractivity contribution in [1.82, 2.24) is 0 Å². The SMILES string of the molecule is CC1(C)OB(c2ccc(C(=O)O)cc2[N+](=O)[O-])OC1(C)C. The molecule has 1 aliphatic rings. The van der Waals surface area contributed by atoms with Crippen molar-refractivity contribution in [2.24, 2.45) is 0 Å². The van der Waals surface area contributed by atoms with Crippen LogP contribution in [0.4, 0.5) is 5.69 Å². The molecular weight excluding hydrogens is 277 g/mol. The topological polar surface area (TPSA) is 98.9 Å². The summed E-state index contributed by atoms with van der Waals surface area (Å²) in [6, 6.07) is 3.68. The number of aromatic carboxylic acids is 1. The number of hydrogen-bond donors (Lipinski definition) is 1. The van der Waals surface area contributed by atoms with E-state index in [4.69, 9.17) is 14.4 Å². The fourth-order valence-electron chi connectivity index (χ4n) is 2.00. The van der Waals surface area contributed by atoms with Gasteiger partial charge in [0.15, 0.2) is 0 Å². The van der Waals surface area contributed by atoms with Crippen molar-refractivity contribution in [1.29, 1.82) is 0 Å². The van der Waals surface area contributed by atoms with E-state index in [0.29, 0.717) is 0 Å². The molecule has 0 radical (unpaired) electrons. The van der Waals surface area contributed by atoms with Crippen LogP contribution < -0.4 is 5.46 Å². The van der Waals surface area contributed by atoms with Crippen LogP contribution in [0.1, 0.15) is 38.1 Å². The van der Waals surface area contributed by atoms with Crippen molar-refractivity contribution in [3.63, 3.8) is 0 Å². The summed E-state index contributed by atoms with van der Waals surface area (Å²) in [5.41, 5.74) is -1.52. The van der Waals surface area contributed by atoms with Crippen molar-refractivity contribution in [3.05, 3.63) is 33.9 Å². The molecule has 0 atom stereocenters. The average molecular weight is 293 g/mol. The first kappa shape index (κ1) is 15.5. The van der Waals surface area contributed by atoms with Crippen LogP contribution >= 0.6 is 0 Å². The second kappa shape index (κ2) is 4.82. The fraction of sp³-hybridized carbons (Fsp3) is 0.462. The van der Waals surface area contributed by atoms with Gasteiger partial charge in [-0.1, -0.05) is 6.07 Å². The van der Waals surface area contributed by atoms with E-state index in [0.717, 1.165) is 6.07 Å². The number of carboxylic acids is 1. The molecule has 8 heteroatoms. The quantitative estimate of drug-likeness (QED) is 0.516. The molecule has 0 spiro atoms. The number of nitro benzene ring substituents is 1. The Labute approximate surface area is 122 Å². The van der Waals surface area contributed by atoms with E-state index in [2.05, 4.69) is 0 Å². The van der Waals surface area contributed by atoms with E-state index >= 15 is 0 Å². The number of rotatable bonds is 3. The summed E-state index contributed by atoms with van der Waals surface area (Å²) in [6.07, 6.45) is 0. The summed E-state index contributed by atoms with van der Waals surface area (Å²) in [5.74, 6) is -1.22. The molecule has 2 rings (SSSR count). The normalized spacial score (nSPS) is 19.5. The first-order chi connectivity index (χ1) is 9.55. The molecule has 0 unspecified atom stereocenters. The summed E-state index contributed by atoms with van der Waals surface area (Å²) >= 11 is 0. The van der Waals surface area contributed by atoms with E-state index in [1.54, 1.807) is 0 Å². The molecule has 0 aromatic heterocycles. The molecule has 1 aliphatic heterocycles. The van der Waals surface area contributed by atoms with Gasteiger partial charge in [-0.25, -0.2) is 4.79 Å². The standard InChI is InChI=1S/C13H16BNO6/c1-12(2)13(3,4)21-14(20-12)9-6-5-8(11(16)17)7-10(9)15(18)19/h5-7H,1-4H3,(H,16,17). The number of carboxylic acid groups (broad SMARTS) is 1. The Morgan fingerprint density at radius 1 is 1.24 bits per heavy atom. The first-order valence-electron chi connectivity index (χ1n) is 6.42. The third kappa shape index (κ3) is 2.64. The molecule has 1 saturated heterocycles. The number of carbonyl (C=O) groups is 1. The van der Waals surface area contributed by atoms with E-state index in [1.807, 2.05) is 27.7 Å². The molecule has 7 nitrogen and oxygen atoms in total. The predicted molar refractivity (Wildman–Crippen MR) is 75.8 cm³/mol. The van der Waals surface area contributed by atoms with Gasteiger partial charge in [0, 0.05) is 6.07 Å². The molecule has 112 valence electrons. The van der Waals surface area contributed by atoms with Gasteiger partial charge in [-0.2, -0.15) is 0 Å². The van der Waals surface area contributed by atoms with Crippen LogP contribution in [0.25, 0.3) is 0 Å². The lowest BCUT2D eigenvalue weighted by atomic mass is 9.77. The van der Waals surface area contributed by atoms with Crippen molar-refractivity contribution >= 4 is 24.2 Å². The van der Waals surface area contributed by atoms with Crippen LogP contribution in [0.3, 0.4) is 0 Å². The molecule has 1 fully saturated rings. The minimum absolute atomic E-state index is 0.151. The summed E-state index contributed by atoms with van der Waals surface area (Å²) in [6.45, 7) is 7.35. The van der Waals surface area contributed by atoms with Gasteiger partial charge in [0.2, 0.25) is 0 Å². The maximum atomic E-state index is 11.2. The van der Waals surface area contributed by atoms with Crippen molar-refractivity contribution < 1.29 is 24.1 Å². The maximum absolute atomic E-state index is 11.2. The molecule has 0 bridgehead atoms. The van der Waals surface area contributed by atoms with Crippen LogP contribution in [0, 0.1) is 10.1 Å². The lowest BCUT2D eigenvalue weighted by Gasteiger charge is -2.32. The molecule has 1 N–H and O–H groups in total. The second-order valence-electron chi connectivity index (χ2n) is 5.92. The Balaban J connectivity index is 2.46. The first-order valence-corrected chi connectivity index (χ1v) is 6.42. The Hall–Kier alpha value is -1.93. The van der Waals surface area contributed by atoms with Gasteiger partial charge in [0.25, 0.3) is 5.69 Å². The minimum Gasteiger partial charge on any atom is -0.478 e. The monoisotopic (exact) mass is 293 g/mol. The second-order valence-corrected chi connectivity index (χ2v) is 5.92. The van der Waals surface area contributed by atoms with E-state index in [-0.39, 0.29) is 16.7 Å². The summed E-state index contributed by atoms with van der Waals surface area (Å²) < 4.78 is 11.5. The molecule has 1 aromatic rings. The van der Waals surface area contributed by atoms with Crippen LogP contribution in [0.15, 0.2) is 18.2 Å². The number of hydrogen-bond acceptors (Lipinski definition) is 5. The zero-order chi connectivity index (χ0) is 16.0. The lowest BCUT2D eigenvalue weighted by molar-refractivity contribution is -0.383. The Kier molecular flexibility index (Phi) is 3.55. The zero-order valence-electron chi connectivity index (χ0n) is 12.2. The number of nitrogens with zero attached hydrogens (tertiary/aromatic N) is 1. The third-order valence-corrected chi connectivity index (χ3v) is 3.98. The van der Waals surface area contributed by atoms with Gasteiger partial charge in [-0.15, -0.1) is 0 Å². The van der Waals surface area contributed by atoms with Crippen molar-refractivity contribution in [2.75, 3.05) is 0 Å². The van der Waals surface area contributed by atoms with Gasteiger partial charge >= 0.3 is 13.1 Å². The molecule has 0 aliphatic carbocycles. The van der Waals surface area contributed by atoms with Gasteiger partial charge in [-0.3, -0.25) is 10.1 Å². The van der Waals surface area contributed by atoms with Gasteiger partial charge in [0.1, 0.15) is 0 Å². The highest BCUT2D eigenvalue weighted by molar-refractivity contribution is 6.63. The average Bonchev–Trinajstić information content (AvgIpc) is 2.57. The largest absolute Gasteiger partial charge is 0.501 e. The molecule has 0 amide bonds. The summed E-state index contributed by atoms with van der Waals surface area (Å²) in [7, 11) is -0.904. The maximum Gasteiger partial charge on any atom is 0.501 e. The molecule has 21 heavy (non-hydrogen) atoms. The highest BCUT2D eigenvalue weighted by atomic mass is 16.7. The van der Waals surface area contributed by atoms with Crippen LogP contribution in [0.5, 0.6) is 0 Å². The Morgan fingerprint density at radius 3 is 2.19 bits per heavy atom. The molecule has 1 heterocycles. The van der Waals surface area contributed by atoms with E-state index in [9.17, 15) is 14.9 Å². The fourth-order valence-corrected chi connectivity index (χ4v) is 2.00. The van der Waals surface area contributed by atoms with E-state index < -0.39 is 29.2 Å². The highest BCUT2D eigenvalue weighted by Gasteiger charge is 2.53. The Morgan fingerprint density at radius 2 is 1.76 bits per heavy atom. The van der Waals surface area contributed by atoms with Crippen LogP contribution in [-0.4, -0.2) is 34.3 Å². The zero-order valence-corrected chi connectivity index (χ0v) is 12.2. The third-order valence-electron chi connectivity index (χ3n) is 3.98. The summed E-state index contributed by atoms with van der Waals surface area (Å²) in [4.78, 5) is 21.5. The number of benzene rings is 1. The van der Waals surface area contributed by atoms with Crippen LogP contribution in [-0.2, 0) is 9.31 Å². The van der Waals surface area contributed by atoms with Gasteiger partial charge in [0.05, 0.1) is 27.2 Å². The van der Waals surface area contributed by atoms with Crippen molar-refractivity contribution in [3.8, 4) is 0 Å². The predicted octanol–water partition coefficient (Wildman–Crippen LogP) is 1.59. The Bertz CT molecular complexity index is 597. The number of nitro groups is 1. The van der Waals surface area contributed by atoms with E-state index in [1.165, 1.54) is 12.1 Å². The lowest BCUT2D eigenvalue weighted by Crippen LogP contribution is -2.41. The smallest absolute Gasteiger partial charge is 0.478 e. The van der Waals surface area contributed by atoms with Crippen LogP contribution in [0.2, 0.25) is 0 Å². The summed E-state index contributed by atoms with van der Waals surface area (Å²) in [5, 5.41) is 20.1. The van der Waals surface area contributed by atoms with Crippen molar-refractivity contribution in [2.45, 2.75) is 38.9 Å². The van der Waals surface area contributed by atoms with Gasteiger partial charge in [-0.05, 0) is 33.8 Å². The molecule has 1 aromatic carbocycles. The van der Waals surface area contributed by atoms with Gasteiger partial charge < -0.3 is 14.4 Å². The molecule has 0 saturated carbocycles. The molecular formula is C13H16BNO6. The highest BCUT2D eigenvalue weighted by Crippen LogP contribution is 2.37. The minimum atomic E-state index is -1.22.